The Morgan fingerprint density at radius 3 is 2.31 bits per heavy atom. The number of nitrogens with zero attached hydrogens (tertiary/aromatic N) is 1. The first-order chi connectivity index (χ1) is 18.7. The first kappa shape index (κ1) is 30.4. The number of fused-ring (bicyclic) bond motifs is 1. The average molecular weight is 569 g/mol. The number of benzene rings is 2. The third-order valence-corrected chi connectivity index (χ3v) is 7.10. The molecule has 1 heterocycles. The molecule has 0 saturated carbocycles. The van der Waals surface area contributed by atoms with Gasteiger partial charge < -0.3 is 16.0 Å². The summed E-state index contributed by atoms with van der Waals surface area (Å²) in [6.07, 6.45) is 4.78. The number of pyridine rings is 1. The molecule has 3 aromatic rings. The van der Waals surface area contributed by atoms with Crippen LogP contribution >= 0.6 is 24.2 Å². The summed E-state index contributed by atoms with van der Waals surface area (Å²) in [5, 5.41) is 9.66. The van der Waals surface area contributed by atoms with Gasteiger partial charge in [-0.2, -0.15) is 12.6 Å². The van der Waals surface area contributed by atoms with Gasteiger partial charge in [0.1, 0.15) is 12.1 Å². The second-order valence-electron chi connectivity index (χ2n) is 10.1. The molecule has 208 valence electrons. The molecule has 9 heteroatoms. The van der Waals surface area contributed by atoms with Gasteiger partial charge >= 0.3 is 0 Å². The van der Waals surface area contributed by atoms with Crippen molar-refractivity contribution in [1.82, 2.24) is 15.6 Å². The van der Waals surface area contributed by atoms with E-state index >= 15 is 0 Å². The van der Waals surface area contributed by atoms with Crippen LogP contribution in [0.1, 0.15) is 52.0 Å². The molecule has 3 rings (SSSR count). The van der Waals surface area contributed by atoms with Crippen molar-refractivity contribution in [3.63, 3.8) is 0 Å². The summed E-state index contributed by atoms with van der Waals surface area (Å²) in [4.78, 5) is 44.3. The van der Waals surface area contributed by atoms with Gasteiger partial charge in [-0.25, -0.2) is 0 Å². The van der Waals surface area contributed by atoms with Gasteiger partial charge in [0, 0.05) is 23.0 Å². The molecule has 3 atom stereocenters. The highest BCUT2D eigenvalue weighted by Gasteiger charge is 2.29. The van der Waals surface area contributed by atoms with Crippen molar-refractivity contribution >= 4 is 58.5 Å². The summed E-state index contributed by atoms with van der Waals surface area (Å²) in [7, 11) is 0. The van der Waals surface area contributed by atoms with Crippen LogP contribution in [0.15, 0.2) is 60.8 Å². The van der Waals surface area contributed by atoms with Crippen LogP contribution in [0.3, 0.4) is 0 Å². The summed E-state index contributed by atoms with van der Waals surface area (Å²) in [6.45, 7) is 6.01. The van der Waals surface area contributed by atoms with E-state index < -0.39 is 23.2 Å². The van der Waals surface area contributed by atoms with Crippen molar-refractivity contribution in [2.75, 3.05) is 5.32 Å². The van der Waals surface area contributed by atoms with E-state index in [0.717, 1.165) is 23.8 Å². The van der Waals surface area contributed by atoms with Crippen LogP contribution in [0.2, 0.25) is 5.02 Å². The van der Waals surface area contributed by atoms with Crippen LogP contribution in [0.5, 0.6) is 0 Å². The van der Waals surface area contributed by atoms with Crippen LogP contribution < -0.4 is 16.0 Å². The Bertz CT molecular complexity index is 1260. The number of anilines is 1. The zero-order valence-corrected chi connectivity index (χ0v) is 24.3. The Labute approximate surface area is 240 Å². The van der Waals surface area contributed by atoms with E-state index in [0.29, 0.717) is 29.1 Å². The van der Waals surface area contributed by atoms with Gasteiger partial charge in [-0.05, 0) is 48.6 Å². The number of unbranched alkanes of at least 4 members (excludes halogenated alkanes) is 1. The van der Waals surface area contributed by atoms with Crippen molar-refractivity contribution in [3.8, 4) is 0 Å². The zero-order valence-electron chi connectivity index (χ0n) is 22.6. The number of nitrogens with one attached hydrogen (secondary N) is 3. The third kappa shape index (κ3) is 9.25. The molecule has 0 bridgehead atoms. The number of hydrogen-bond acceptors (Lipinski definition) is 5. The Morgan fingerprint density at radius 2 is 1.62 bits per heavy atom. The Kier molecular flexibility index (Phi) is 11.6. The van der Waals surface area contributed by atoms with Gasteiger partial charge in [-0.1, -0.05) is 75.5 Å². The maximum absolute atomic E-state index is 13.6. The Morgan fingerprint density at radius 1 is 0.923 bits per heavy atom. The maximum atomic E-state index is 13.6. The fourth-order valence-electron chi connectivity index (χ4n) is 4.26. The van der Waals surface area contributed by atoms with Crippen LogP contribution in [-0.2, 0) is 20.8 Å². The third-order valence-electron chi connectivity index (χ3n) is 6.35. The van der Waals surface area contributed by atoms with Crippen molar-refractivity contribution in [2.24, 2.45) is 5.92 Å². The number of halogens is 1. The second-order valence-corrected chi connectivity index (χ2v) is 11.2. The lowest BCUT2D eigenvalue weighted by Gasteiger charge is -2.25. The van der Waals surface area contributed by atoms with Crippen LogP contribution in [-0.4, -0.2) is 40.0 Å². The summed E-state index contributed by atoms with van der Waals surface area (Å²) in [6, 6.07) is 14.7. The smallest absolute Gasteiger partial charge is 0.247 e. The Hall–Kier alpha value is -3.10. The van der Waals surface area contributed by atoms with Crippen molar-refractivity contribution in [1.29, 1.82) is 0 Å². The quantitative estimate of drug-likeness (QED) is 0.202. The molecule has 0 aliphatic heterocycles. The normalized spacial score (nSPS) is 13.5. The minimum absolute atomic E-state index is 0.139. The van der Waals surface area contributed by atoms with E-state index in [2.05, 4.69) is 33.6 Å². The van der Waals surface area contributed by atoms with Gasteiger partial charge in [0.25, 0.3) is 0 Å². The highest BCUT2D eigenvalue weighted by molar-refractivity contribution is 7.81. The molecule has 3 N–H and O–H groups in total. The van der Waals surface area contributed by atoms with Crippen molar-refractivity contribution < 1.29 is 14.4 Å². The molecule has 2 aromatic carbocycles. The lowest BCUT2D eigenvalue weighted by atomic mass is 10.0. The summed E-state index contributed by atoms with van der Waals surface area (Å²) < 4.78 is 0. The summed E-state index contributed by atoms with van der Waals surface area (Å²) in [5.41, 5.74) is 2.03. The average Bonchev–Trinajstić information content (AvgIpc) is 2.91. The molecule has 7 nitrogen and oxygen atoms in total. The zero-order chi connectivity index (χ0) is 28.4. The molecule has 1 aromatic heterocycles. The summed E-state index contributed by atoms with van der Waals surface area (Å²) in [5.74, 6) is -0.951. The molecule has 3 amide bonds. The highest BCUT2D eigenvalue weighted by Crippen LogP contribution is 2.21. The molecular weight excluding hydrogens is 532 g/mol. The van der Waals surface area contributed by atoms with E-state index in [4.69, 9.17) is 11.6 Å². The highest BCUT2D eigenvalue weighted by atomic mass is 35.5. The predicted molar refractivity (Wildman–Crippen MR) is 161 cm³/mol. The fourth-order valence-corrected chi connectivity index (χ4v) is 4.65. The number of thiol groups is 1. The fraction of sp³-hybridized carbons (Fsp3) is 0.400. The minimum Gasteiger partial charge on any atom is -0.343 e. The molecular formula is C30H37ClN4O3S. The molecule has 0 spiro atoms. The number of rotatable bonds is 13. The first-order valence-electron chi connectivity index (χ1n) is 13.4. The lowest BCUT2D eigenvalue weighted by molar-refractivity contribution is -0.131. The molecule has 0 aliphatic carbocycles. The SMILES string of the molecule is CCCCC(S)C(=O)N[C@@H](CC(C)C)C(=O)N[C@@H](Cc1ccc(Cl)cc1)C(=O)Nc1cccc2cccnc12. The number of carbonyl (C=O) groups excluding carboxylic acids is 3. The summed E-state index contributed by atoms with van der Waals surface area (Å²) >= 11 is 10.5. The van der Waals surface area contributed by atoms with E-state index in [-0.39, 0.29) is 24.2 Å². The number of amides is 3. The molecule has 0 radical (unpaired) electrons. The van der Waals surface area contributed by atoms with Crippen molar-refractivity contribution in [3.05, 3.63) is 71.4 Å². The van der Waals surface area contributed by atoms with E-state index in [1.165, 1.54) is 0 Å². The maximum Gasteiger partial charge on any atom is 0.247 e. The second kappa shape index (κ2) is 14.9. The van der Waals surface area contributed by atoms with Gasteiger partial charge in [-0.15, -0.1) is 0 Å². The molecule has 0 fully saturated rings. The van der Waals surface area contributed by atoms with E-state index in [1.54, 1.807) is 24.4 Å². The number of aromatic nitrogens is 1. The first-order valence-corrected chi connectivity index (χ1v) is 14.2. The molecule has 0 saturated heterocycles. The number of para-hydroxylation sites is 1. The van der Waals surface area contributed by atoms with E-state index in [9.17, 15) is 14.4 Å². The van der Waals surface area contributed by atoms with Gasteiger partial charge in [0.15, 0.2) is 0 Å². The van der Waals surface area contributed by atoms with Crippen LogP contribution in [0, 0.1) is 5.92 Å². The molecule has 0 aliphatic rings. The van der Waals surface area contributed by atoms with Crippen molar-refractivity contribution in [2.45, 2.75) is 70.2 Å². The van der Waals surface area contributed by atoms with Crippen LogP contribution in [0.4, 0.5) is 5.69 Å². The van der Waals surface area contributed by atoms with Gasteiger partial charge in [0.2, 0.25) is 17.7 Å². The number of carbonyl (C=O) groups is 3. The molecule has 39 heavy (non-hydrogen) atoms. The topological polar surface area (TPSA) is 100 Å². The monoisotopic (exact) mass is 568 g/mol. The number of hydrogen-bond donors (Lipinski definition) is 4. The largest absolute Gasteiger partial charge is 0.343 e. The Balaban J connectivity index is 1.83. The van der Waals surface area contributed by atoms with Crippen LogP contribution in [0.25, 0.3) is 10.9 Å². The van der Waals surface area contributed by atoms with Gasteiger partial charge in [-0.3, -0.25) is 19.4 Å². The minimum atomic E-state index is -0.906. The molecule has 1 unspecified atom stereocenters. The predicted octanol–water partition coefficient (Wildman–Crippen LogP) is 5.57. The van der Waals surface area contributed by atoms with Gasteiger partial charge in [0.05, 0.1) is 16.5 Å². The lowest BCUT2D eigenvalue weighted by Crippen LogP contribution is -2.54. The van der Waals surface area contributed by atoms with E-state index in [1.807, 2.05) is 57.2 Å². The standard InChI is InChI=1S/C30H37ClN4O3S/c1-4-5-11-26(39)30(38)35-24(17-19(2)3)28(36)34-25(18-20-12-14-22(31)15-13-20)29(37)33-23-10-6-8-21-9-7-16-32-27(21)23/h6-10,12-16,19,24-26,39H,4-5,11,17-18H2,1-3H3,(H,33,37)(H,34,36)(H,35,38)/t24-,25-,26?/m0/s1.